The Morgan fingerprint density at radius 3 is 2.52 bits per heavy atom. The van der Waals surface area contributed by atoms with E-state index in [4.69, 9.17) is 5.84 Å². The van der Waals surface area contributed by atoms with Gasteiger partial charge in [-0.05, 0) is 49.7 Å². The second-order valence-corrected chi connectivity index (χ2v) is 4.59. The normalized spacial score (nSPS) is 9.81. The predicted molar refractivity (Wildman–Crippen MR) is 79.8 cm³/mol. The summed E-state index contributed by atoms with van der Waals surface area (Å²) in [5.74, 6) is 5.22. The molecule has 1 amide bonds. The minimum atomic E-state index is -0.358. The van der Waals surface area contributed by atoms with Gasteiger partial charge in [0.05, 0.1) is 5.56 Å². The average Bonchev–Trinajstić information content (AvgIpc) is 2.47. The summed E-state index contributed by atoms with van der Waals surface area (Å²) in [4.78, 5) is 15.7. The van der Waals surface area contributed by atoms with Crippen LogP contribution in [0.3, 0.4) is 0 Å². The van der Waals surface area contributed by atoms with Gasteiger partial charge in [0.1, 0.15) is 11.9 Å². The van der Waals surface area contributed by atoms with Crippen LogP contribution >= 0.6 is 0 Å². The number of nitriles is 1. The zero-order valence-electron chi connectivity index (χ0n) is 11.8. The van der Waals surface area contributed by atoms with Crippen LogP contribution in [-0.2, 0) is 0 Å². The molecule has 0 fully saturated rings. The summed E-state index contributed by atoms with van der Waals surface area (Å²) in [7, 11) is 0. The van der Waals surface area contributed by atoms with E-state index in [1.54, 1.807) is 24.3 Å². The summed E-state index contributed by atoms with van der Waals surface area (Å²) in [5, 5.41) is 12.3. The SMILES string of the molecule is Cc1cc(C)c(C#N)c(Nc2ccc(C(=O)NN)cc2)n1. The quantitative estimate of drug-likeness (QED) is 0.453. The van der Waals surface area contributed by atoms with Crippen LogP contribution in [0.15, 0.2) is 30.3 Å². The fourth-order valence-corrected chi connectivity index (χ4v) is 1.99. The molecule has 0 aliphatic rings. The van der Waals surface area contributed by atoms with E-state index in [1.165, 1.54) is 0 Å². The van der Waals surface area contributed by atoms with Gasteiger partial charge in [-0.2, -0.15) is 5.26 Å². The number of aryl methyl sites for hydroxylation is 2. The van der Waals surface area contributed by atoms with E-state index in [9.17, 15) is 10.1 Å². The zero-order valence-corrected chi connectivity index (χ0v) is 11.8. The number of aromatic nitrogens is 1. The summed E-state index contributed by atoms with van der Waals surface area (Å²) in [6.45, 7) is 3.74. The van der Waals surface area contributed by atoms with E-state index >= 15 is 0 Å². The highest BCUT2D eigenvalue weighted by atomic mass is 16.2. The van der Waals surface area contributed by atoms with Gasteiger partial charge in [-0.25, -0.2) is 10.8 Å². The van der Waals surface area contributed by atoms with Crippen molar-refractivity contribution in [2.45, 2.75) is 13.8 Å². The molecule has 0 spiro atoms. The highest BCUT2D eigenvalue weighted by Gasteiger charge is 2.09. The molecular formula is C15H15N5O. The van der Waals surface area contributed by atoms with Gasteiger partial charge in [0.2, 0.25) is 0 Å². The van der Waals surface area contributed by atoms with Gasteiger partial charge in [-0.3, -0.25) is 10.2 Å². The molecule has 4 N–H and O–H groups in total. The number of carbonyl (C=O) groups excluding carboxylic acids is 1. The van der Waals surface area contributed by atoms with Crippen molar-refractivity contribution in [2.24, 2.45) is 5.84 Å². The summed E-state index contributed by atoms with van der Waals surface area (Å²) in [5.41, 5.74) is 5.46. The second-order valence-electron chi connectivity index (χ2n) is 4.59. The molecule has 1 heterocycles. The summed E-state index contributed by atoms with van der Waals surface area (Å²) < 4.78 is 0. The molecule has 2 rings (SSSR count). The van der Waals surface area contributed by atoms with E-state index in [2.05, 4.69) is 21.8 Å². The van der Waals surface area contributed by atoms with Crippen molar-refractivity contribution < 1.29 is 4.79 Å². The molecular weight excluding hydrogens is 266 g/mol. The van der Waals surface area contributed by atoms with Crippen LogP contribution in [0.4, 0.5) is 11.5 Å². The first-order valence-corrected chi connectivity index (χ1v) is 6.31. The number of benzene rings is 1. The highest BCUT2D eigenvalue weighted by molar-refractivity contribution is 5.94. The van der Waals surface area contributed by atoms with Gasteiger partial charge in [0.25, 0.3) is 5.91 Å². The van der Waals surface area contributed by atoms with Gasteiger partial charge in [0, 0.05) is 16.9 Å². The number of carbonyl (C=O) groups is 1. The van der Waals surface area contributed by atoms with Gasteiger partial charge in [0.15, 0.2) is 0 Å². The van der Waals surface area contributed by atoms with E-state index in [1.807, 2.05) is 19.9 Å². The largest absolute Gasteiger partial charge is 0.339 e. The molecule has 0 aliphatic carbocycles. The Bertz CT molecular complexity index is 716. The third-order valence-corrected chi connectivity index (χ3v) is 3.00. The van der Waals surface area contributed by atoms with Crippen molar-refractivity contribution in [1.29, 1.82) is 5.26 Å². The lowest BCUT2D eigenvalue weighted by Crippen LogP contribution is -2.29. The molecule has 0 saturated heterocycles. The van der Waals surface area contributed by atoms with Gasteiger partial charge >= 0.3 is 0 Å². The number of nitrogen functional groups attached to an aromatic ring is 1. The molecule has 1 aromatic carbocycles. The highest BCUT2D eigenvalue weighted by Crippen LogP contribution is 2.22. The maximum Gasteiger partial charge on any atom is 0.265 e. The monoisotopic (exact) mass is 281 g/mol. The molecule has 6 heteroatoms. The van der Waals surface area contributed by atoms with Crippen LogP contribution < -0.4 is 16.6 Å². The number of hydrogen-bond acceptors (Lipinski definition) is 5. The van der Waals surface area contributed by atoms with Gasteiger partial charge in [-0.15, -0.1) is 0 Å². The van der Waals surface area contributed by atoms with Crippen molar-refractivity contribution in [3.63, 3.8) is 0 Å². The molecule has 0 atom stereocenters. The van der Waals surface area contributed by atoms with Crippen LogP contribution in [-0.4, -0.2) is 10.9 Å². The Labute approximate surface area is 122 Å². The summed E-state index contributed by atoms with van der Waals surface area (Å²) >= 11 is 0. The van der Waals surface area contributed by atoms with Crippen LogP contribution in [0.25, 0.3) is 0 Å². The Balaban J connectivity index is 2.31. The number of amides is 1. The number of anilines is 2. The van der Waals surface area contributed by atoms with Crippen LogP contribution in [0.2, 0.25) is 0 Å². The molecule has 106 valence electrons. The Morgan fingerprint density at radius 2 is 1.95 bits per heavy atom. The number of rotatable bonds is 3. The third kappa shape index (κ3) is 3.16. The van der Waals surface area contributed by atoms with Crippen molar-refractivity contribution >= 4 is 17.4 Å². The first-order valence-electron chi connectivity index (χ1n) is 6.31. The fourth-order valence-electron chi connectivity index (χ4n) is 1.99. The smallest absolute Gasteiger partial charge is 0.265 e. The standard InChI is InChI=1S/C15H15N5O/c1-9-7-10(2)18-14(13(9)8-16)19-12-5-3-11(4-6-12)15(21)20-17/h3-7H,17H2,1-2H3,(H,18,19)(H,20,21). The Kier molecular flexibility index (Phi) is 4.16. The zero-order chi connectivity index (χ0) is 15.4. The van der Waals surface area contributed by atoms with Crippen molar-refractivity contribution in [2.75, 3.05) is 5.32 Å². The molecule has 0 bridgehead atoms. The van der Waals surface area contributed by atoms with Gasteiger partial charge in [-0.1, -0.05) is 0 Å². The molecule has 1 aromatic heterocycles. The number of nitrogens with zero attached hydrogens (tertiary/aromatic N) is 2. The number of hydrogen-bond donors (Lipinski definition) is 3. The van der Waals surface area contributed by atoms with Crippen LogP contribution in [0.5, 0.6) is 0 Å². The molecule has 2 aromatic rings. The average molecular weight is 281 g/mol. The fraction of sp³-hybridized carbons (Fsp3) is 0.133. The number of nitrogens with one attached hydrogen (secondary N) is 2. The Hall–Kier alpha value is -2.91. The molecule has 6 nitrogen and oxygen atoms in total. The summed E-state index contributed by atoms with van der Waals surface area (Å²) in [6, 6.07) is 10.7. The molecule has 0 unspecified atom stereocenters. The van der Waals surface area contributed by atoms with Crippen LogP contribution in [0, 0.1) is 25.2 Å². The lowest BCUT2D eigenvalue weighted by Gasteiger charge is -2.10. The molecule has 0 radical (unpaired) electrons. The lowest BCUT2D eigenvalue weighted by atomic mass is 10.1. The minimum Gasteiger partial charge on any atom is -0.339 e. The van der Waals surface area contributed by atoms with Crippen molar-refractivity contribution in [1.82, 2.24) is 10.4 Å². The maximum atomic E-state index is 11.4. The van der Waals surface area contributed by atoms with Crippen molar-refractivity contribution in [3.05, 3.63) is 52.7 Å². The predicted octanol–water partition coefficient (Wildman–Crippen LogP) is 1.92. The van der Waals surface area contributed by atoms with Crippen LogP contribution in [0.1, 0.15) is 27.2 Å². The molecule has 0 aliphatic heterocycles. The number of pyridine rings is 1. The topological polar surface area (TPSA) is 104 Å². The molecule has 0 saturated carbocycles. The van der Waals surface area contributed by atoms with E-state index in [0.29, 0.717) is 16.9 Å². The van der Waals surface area contributed by atoms with E-state index in [0.717, 1.165) is 16.9 Å². The second kappa shape index (κ2) is 6.03. The first-order chi connectivity index (χ1) is 10.0. The van der Waals surface area contributed by atoms with Crippen molar-refractivity contribution in [3.8, 4) is 6.07 Å². The maximum absolute atomic E-state index is 11.4. The minimum absolute atomic E-state index is 0.358. The third-order valence-electron chi connectivity index (χ3n) is 3.00. The first kappa shape index (κ1) is 14.5. The van der Waals surface area contributed by atoms with Gasteiger partial charge < -0.3 is 5.32 Å². The Morgan fingerprint density at radius 1 is 1.29 bits per heavy atom. The number of hydrazine groups is 1. The lowest BCUT2D eigenvalue weighted by molar-refractivity contribution is 0.0953. The summed E-state index contributed by atoms with van der Waals surface area (Å²) in [6.07, 6.45) is 0. The molecule has 21 heavy (non-hydrogen) atoms. The van der Waals surface area contributed by atoms with E-state index < -0.39 is 0 Å². The number of nitrogens with two attached hydrogens (primary N) is 1. The van der Waals surface area contributed by atoms with E-state index in [-0.39, 0.29) is 5.91 Å².